The van der Waals surface area contributed by atoms with Crippen molar-refractivity contribution in [2.24, 2.45) is 0 Å². The standard InChI is InChI=1S/C14H12Cl2FN/c1-9-5-6-13(17)14(7-9)18-8-10-11(15)3-2-4-12(10)16/h2-7,18H,8H2,1H3. The minimum Gasteiger partial charge on any atom is -0.378 e. The Labute approximate surface area is 116 Å². The van der Waals surface area contributed by atoms with Gasteiger partial charge >= 0.3 is 0 Å². The van der Waals surface area contributed by atoms with E-state index in [2.05, 4.69) is 5.32 Å². The maximum absolute atomic E-state index is 13.5. The van der Waals surface area contributed by atoms with E-state index in [4.69, 9.17) is 23.2 Å². The van der Waals surface area contributed by atoms with Gasteiger partial charge in [0, 0.05) is 22.2 Å². The van der Waals surface area contributed by atoms with Crippen LogP contribution in [-0.4, -0.2) is 0 Å². The predicted octanol–water partition coefficient (Wildman–Crippen LogP) is 5.05. The average molecular weight is 284 g/mol. The number of hydrogen-bond donors (Lipinski definition) is 1. The van der Waals surface area contributed by atoms with Crippen LogP contribution in [0.3, 0.4) is 0 Å². The van der Waals surface area contributed by atoms with Crippen LogP contribution in [0.4, 0.5) is 10.1 Å². The van der Waals surface area contributed by atoms with Crippen LogP contribution < -0.4 is 5.32 Å². The minimum absolute atomic E-state index is 0.288. The summed E-state index contributed by atoms with van der Waals surface area (Å²) in [6, 6.07) is 10.2. The molecule has 1 N–H and O–H groups in total. The van der Waals surface area contributed by atoms with Crippen molar-refractivity contribution in [1.29, 1.82) is 0 Å². The molecule has 2 aromatic rings. The first-order valence-electron chi connectivity index (χ1n) is 5.51. The van der Waals surface area contributed by atoms with E-state index >= 15 is 0 Å². The molecule has 1 nitrogen and oxygen atoms in total. The number of hydrogen-bond acceptors (Lipinski definition) is 1. The lowest BCUT2D eigenvalue weighted by molar-refractivity contribution is 0.629. The molecule has 4 heteroatoms. The van der Waals surface area contributed by atoms with Gasteiger partial charge in [-0.1, -0.05) is 35.3 Å². The molecule has 0 heterocycles. The number of aryl methyl sites for hydroxylation is 1. The summed E-state index contributed by atoms with van der Waals surface area (Å²) in [5, 5.41) is 4.15. The average Bonchev–Trinajstić information content (AvgIpc) is 2.33. The number of nitrogens with one attached hydrogen (secondary N) is 1. The molecule has 0 aliphatic heterocycles. The van der Waals surface area contributed by atoms with Gasteiger partial charge in [0.15, 0.2) is 0 Å². The Morgan fingerprint density at radius 1 is 1.11 bits per heavy atom. The summed E-state index contributed by atoms with van der Waals surface area (Å²) < 4.78 is 13.5. The van der Waals surface area contributed by atoms with Gasteiger partial charge in [0.05, 0.1) is 5.69 Å². The lowest BCUT2D eigenvalue weighted by Gasteiger charge is -2.11. The molecular formula is C14H12Cl2FN. The van der Waals surface area contributed by atoms with E-state index in [-0.39, 0.29) is 5.82 Å². The maximum Gasteiger partial charge on any atom is 0.146 e. The van der Waals surface area contributed by atoms with Gasteiger partial charge in [-0.15, -0.1) is 0 Å². The predicted molar refractivity (Wildman–Crippen MR) is 74.9 cm³/mol. The van der Waals surface area contributed by atoms with Crippen LogP contribution in [0.1, 0.15) is 11.1 Å². The number of halogens is 3. The minimum atomic E-state index is -0.288. The zero-order valence-corrected chi connectivity index (χ0v) is 11.3. The molecule has 0 bridgehead atoms. The number of anilines is 1. The van der Waals surface area contributed by atoms with Gasteiger partial charge in [-0.2, -0.15) is 0 Å². The highest BCUT2D eigenvalue weighted by atomic mass is 35.5. The molecule has 0 radical (unpaired) electrons. The van der Waals surface area contributed by atoms with Crippen LogP contribution in [-0.2, 0) is 6.54 Å². The zero-order valence-electron chi connectivity index (χ0n) is 9.81. The normalized spacial score (nSPS) is 10.4. The molecule has 0 fully saturated rings. The van der Waals surface area contributed by atoms with E-state index in [0.717, 1.165) is 11.1 Å². The lowest BCUT2D eigenvalue weighted by atomic mass is 10.2. The van der Waals surface area contributed by atoms with Crippen molar-refractivity contribution in [3.8, 4) is 0 Å². The summed E-state index contributed by atoms with van der Waals surface area (Å²) in [6.45, 7) is 2.30. The quantitative estimate of drug-likeness (QED) is 0.831. The Hall–Kier alpha value is -1.25. The molecule has 0 saturated heterocycles. The third kappa shape index (κ3) is 2.95. The summed E-state index contributed by atoms with van der Waals surface area (Å²) >= 11 is 12.1. The first kappa shape index (κ1) is 13.2. The fraction of sp³-hybridized carbons (Fsp3) is 0.143. The molecule has 0 saturated carbocycles. The molecule has 18 heavy (non-hydrogen) atoms. The SMILES string of the molecule is Cc1ccc(F)c(NCc2c(Cl)cccc2Cl)c1. The summed E-state index contributed by atoms with van der Waals surface area (Å²) in [5.74, 6) is -0.288. The van der Waals surface area contributed by atoms with Crippen molar-refractivity contribution in [3.63, 3.8) is 0 Å². The van der Waals surface area contributed by atoms with Crippen LogP contribution in [0.5, 0.6) is 0 Å². The van der Waals surface area contributed by atoms with Crippen molar-refractivity contribution in [2.75, 3.05) is 5.32 Å². The van der Waals surface area contributed by atoms with Crippen LogP contribution in [0.2, 0.25) is 10.0 Å². The molecule has 2 aromatic carbocycles. The second kappa shape index (κ2) is 5.59. The lowest BCUT2D eigenvalue weighted by Crippen LogP contribution is -2.03. The van der Waals surface area contributed by atoms with Gasteiger partial charge < -0.3 is 5.32 Å². The first-order chi connectivity index (χ1) is 8.58. The van der Waals surface area contributed by atoms with Gasteiger partial charge in [0.1, 0.15) is 5.82 Å². The fourth-order valence-corrected chi connectivity index (χ4v) is 2.19. The van der Waals surface area contributed by atoms with Crippen LogP contribution in [0.15, 0.2) is 36.4 Å². The van der Waals surface area contributed by atoms with Crippen molar-refractivity contribution in [2.45, 2.75) is 13.5 Å². The van der Waals surface area contributed by atoms with Gasteiger partial charge in [-0.3, -0.25) is 0 Å². The Balaban J connectivity index is 2.19. The van der Waals surface area contributed by atoms with Crippen LogP contribution >= 0.6 is 23.2 Å². The van der Waals surface area contributed by atoms with E-state index in [1.54, 1.807) is 30.3 Å². The van der Waals surface area contributed by atoms with E-state index in [1.165, 1.54) is 6.07 Å². The first-order valence-corrected chi connectivity index (χ1v) is 6.26. The van der Waals surface area contributed by atoms with Crippen molar-refractivity contribution < 1.29 is 4.39 Å². The highest BCUT2D eigenvalue weighted by molar-refractivity contribution is 6.36. The second-order valence-corrected chi connectivity index (χ2v) is 4.85. The number of rotatable bonds is 3. The van der Waals surface area contributed by atoms with Crippen molar-refractivity contribution >= 4 is 28.9 Å². The maximum atomic E-state index is 13.5. The topological polar surface area (TPSA) is 12.0 Å². The molecule has 0 aliphatic carbocycles. The highest BCUT2D eigenvalue weighted by Crippen LogP contribution is 2.26. The molecule has 0 spiro atoms. The summed E-state index contributed by atoms with van der Waals surface area (Å²) in [5.41, 5.74) is 2.21. The highest BCUT2D eigenvalue weighted by Gasteiger charge is 2.07. The van der Waals surface area contributed by atoms with Crippen molar-refractivity contribution in [3.05, 3.63) is 63.4 Å². The van der Waals surface area contributed by atoms with Gasteiger partial charge in [0.25, 0.3) is 0 Å². The Bertz CT molecular complexity index is 549. The van der Waals surface area contributed by atoms with Gasteiger partial charge in [-0.25, -0.2) is 4.39 Å². The summed E-state index contributed by atoms with van der Waals surface area (Å²) in [6.07, 6.45) is 0. The molecule has 0 atom stereocenters. The van der Waals surface area contributed by atoms with Gasteiger partial charge in [0.2, 0.25) is 0 Å². The monoisotopic (exact) mass is 283 g/mol. The molecule has 0 amide bonds. The second-order valence-electron chi connectivity index (χ2n) is 4.04. The van der Waals surface area contributed by atoms with Crippen LogP contribution in [0, 0.1) is 12.7 Å². The Kier molecular flexibility index (Phi) is 4.10. The summed E-state index contributed by atoms with van der Waals surface area (Å²) in [4.78, 5) is 0. The molecule has 0 aliphatic rings. The number of benzene rings is 2. The van der Waals surface area contributed by atoms with Gasteiger partial charge in [-0.05, 0) is 36.8 Å². The van der Waals surface area contributed by atoms with E-state index in [0.29, 0.717) is 22.3 Å². The molecule has 0 aromatic heterocycles. The molecule has 2 rings (SSSR count). The zero-order chi connectivity index (χ0) is 13.1. The largest absolute Gasteiger partial charge is 0.378 e. The van der Waals surface area contributed by atoms with E-state index in [9.17, 15) is 4.39 Å². The molecule has 0 unspecified atom stereocenters. The van der Waals surface area contributed by atoms with Crippen LogP contribution in [0.25, 0.3) is 0 Å². The molecule has 94 valence electrons. The third-order valence-corrected chi connectivity index (χ3v) is 3.35. The fourth-order valence-electron chi connectivity index (χ4n) is 1.66. The summed E-state index contributed by atoms with van der Waals surface area (Å²) in [7, 11) is 0. The van der Waals surface area contributed by atoms with Crippen molar-refractivity contribution in [1.82, 2.24) is 0 Å². The Morgan fingerprint density at radius 2 is 1.78 bits per heavy atom. The van der Waals surface area contributed by atoms with E-state index in [1.807, 2.05) is 6.92 Å². The van der Waals surface area contributed by atoms with E-state index < -0.39 is 0 Å². The smallest absolute Gasteiger partial charge is 0.146 e. The molecular weight excluding hydrogens is 272 g/mol. The third-order valence-electron chi connectivity index (χ3n) is 2.64. The Morgan fingerprint density at radius 3 is 2.44 bits per heavy atom.